The largest absolute Gasteiger partial charge is 0.487 e. The molecule has 0 saturated heterocycles. The lowest BCUT2D eigenvalue weighted by atomic mass is 10.1. The van der Waals surface area contributed by atoms with Gasteiger partial charge in [0.2, 0.25) is 0 Å². The fraction of sp³-hybridized carbons (Fsp3) is 0.167. The molecular weight excluding hydrogens is 278 g/mol. The van der Waals surface area contributed by atoms with E-state index in [1.807, 2.05) is 54.9 Å². The Labute approximate surface area is 128 Å². The van der Waals surface area contributed by atoms with Crippen molar-refractivity contribution in [2.75, 3.05) is 0 Å². The van der Waals surface area contributed by atoms with Crippen molar-refractivity contribution in [1.82, 2.24) is 4.57 Å². The number of aromatic nitrogens is 1. The average molecular weight is 295 g/mol. The first-order valence-electron chi connectivity index (χ1n) is 7.07. The van der Waals surface area contributed by atoms with Crippen LogP contribution in [0, 0.1) is 6.92 Å². The van der Waals surface area contributed by atoms with E-state index in [1.54, 1.807) is 12.1 Å². The highest BCUT2D eigenvalue weighted by molar-refractivity contribution is 6.03. The summed E-state index contributed by atoms with van der Waals surface area (Å²) in [5, 5.41) is 10.0. The summed E-state index contributed by atoms with van der Waals surface area (Å²) < 4.78 is 7.84. The van der Waals surface area contributed by atoms with Crippen molar-refractivity contribution in [1.29, 1.82) is 0 Å². The van der Waals surface area contributed by atoms with Gasteiger partial charge in [-0.15, -0.1) is 0 Å². The van der Waals surface area contributed by atoms with Gasteiger partial charge in [0.05, 0.1) is 11.3 Å². The molecule has 1 aromatic heterocycles. The maximum Gasteiger partial charge on any atom is 0.336 e. The van der Waals surface area contributed by atoms with E-state index in [0.717, 1.165) is 27.9 Å². The van der Waals surface area contributed by atoms with E-state index >= 15 is 0 Å². The first kappa shape index (κ1) is 14.2. The van der Waals surface area contributed by atoms with Gasteiger partial charge >= 0.3 is 5.97 Å². The SMILES string of the molecule is Cc1ccccc1OCc1cc2c(C(=O)O)cccc2n1C. The van der Waals surface area contributed by atoms with Crippen LogP contribution in [0.3, 0.4) is 0 Å². The molecule has 4 heteroatoms. The smallest absolute Gasteiger partial charge is 0.336 e. The van der Waals surface area contributed by atoms with Gasteiger partial charge in [-0.2, -0.15) is 0 Å². The van der Waals surface area contributed by atoms with Gasteiger partial charge in [0.1, 0.15) is 12.4 Å². The number of carbonyl (C=O) groups is 1. The van der Waals surface area contributed by atoms with Gasteiger partial charge in [0, 0.05) is 18.0 Å². The Bertz CT molecular complexity index is 849. The van der Waals surface area contributed by atoms with E-state index in [-0.39, 0.29) is 0 Å². The van der Waals surface area contributed by atoms with E-state index in [9.17, 15) is 9.90 Å². The predicted molar refractivity (Wildman–Crippen MR) is 85.4 cm³/mol. The summed E-state index contributed by atoms with van der Waals surface area (Å²) in [5.41, 5.74) is 3.22. The van der Waals surface area contributed by atoms with Crippen LogP contribution in [0.25, 0.3) is 10.9 Å². The van der Waals surface area contributed by atoms with Crippen LogP contribution in [-0.2, 0) is 13.7 Å². The second-order valence-electron chi connectivity index (χ2n) is 5.29. The highest BCUT2D eigenvalue weighted by atomic mass is 16.5. The van der Waals surface area contributed by atoms with Gasteiger partial charge in [-0.05, 0) is 36.8 Å². The number of benzene rings is 2. The Morgan fingerprint density at radius 2 is 1.95 bits per heavy atom. The molecule has 0 amide bonds. The fourth-order valence-electron chi connectivity index (χ4n) is 2.61. The number of carboxylic acids is 1. The first-order chi connectivity index (χ1) is 10.6. The molecule has 3 rings (SSSR count). The fourth-order valence-corrected chi connectivity index (χ4v) is 2.61. The predicted octanol–water partition coefficient (Wildman–Crippen LogP) is 3.76. The van der Waals surface area contributed by atoms with Crippen LogP contribution in [0.1, 0.15) is 21.6 Å². The molecule has 2 aromatic carbocycles. The quantitative estimate of drug-likeness (QED) is 0.797. The molecule has 0 radical (unpaired) electrons. The number of para-hydroxylation sites is 1. The lowest BCUT2D eigenvalue weighted by Crippen LogP contribution is -2.02. The highest BCUT2D eigenvalue weighted by Gasteiger charge is 2.13. The van der Waals surface area contributed by atoms with Gasteiger partial charge in [-0.1, -0.05) is 24.3 Å². The molecule has 0 spiro atoms. The average Bonchev–Trinajstić information content (AvgIpc) is 2.83. The number of hydrogen-bond donors (Lipinski definition) is 1. The second kappa shape index (κ2) is 5.56. The third kappa shape index (κ3) is 2.44. The standard InChI is InChI=1S/C18H17NO3/c1-12-6-3-4-9-17(12)22-11-13-10-15-14(18(20)21)7-5-8-16(15)19(13)2/h3-10H,11H2,1-2H3,(H,20,21). The van der Waals surface area contributed by atoms with E-state index in [2.05, 4.69) is 0 Å². The molecule has 4 nitrogen and oxygen atoms in total. The van der Waals surface area contributed by atoms with Gasteiger partial charge in [0.15, 0.2) is 0 Å². The molecule has 0 bridgehead atoms. The molecule has 0 aliphatic heterocycles. The molecule has 112 valence electrons. The Balaban J connectivity index is 1.95. The monoisotopic (exact) mass is 295 g/mol. The number of ether oxygens (including phenoxy) is 1. The molecule has 0 atom stereocenters. The van der Waals surface area contributed by atoms with Crippen LogP contribution in [0.15, 0.2) is 48.5 Å². The number of nitrogens with zero attached hydrogens (tertiary/aromatic N) is 1. The van der Waals surface area contributed by atoms with Crippen LogP contribution in [-0.4, -0.2) is 15.6 Å². The lowest BCUT2D eigenvalue weighted by molar-refractivity contribution is 0.0699. The minimum absolute atomic E-state index is 0.315. The number of carboxylic acid groups (broad SMARTS) is 1. The maximum absolute atomic E-state index is 11.3. The Kier molecular flexibility index (Phi) is 3.59. The van der Waals surface area contributed by atoms with E-state index in [4.69, 9.17) is 4.74 Å². The zero-order chi connectivity index (χ0) is 15.7. The molecular formula is C18H17NO3. The highest BCUT2D eigenvalue weighted by Crippen LogP contribution is 2.24. The van der Waals surface area contributed by atoms with Gasteiger partial charge in [-0.3, -0.25) is 0 Å². The number of fused-ring (bicyclic) bond motifs is 1. The van der Waals surface area contributed by atoms with Crippen molar-refractivity contribution in [2.45, 2.75) is 13.5 Å². The minimum atomic E-state index is -0.914. The van der Waals surface area contributed by atoms with Crippen LogP contribution in [0.4, 0.5) is 0 Å². The van der Waals surface area contributed by atoms with Gasteiger partial charge in [0.25, 0.3) is 0 Å². The Hall–Kier alpha value is -2.75. The summed E-state index contributed by atoms with van der Waals surface area (Å²) in [6.45, 7) is 2.40. The molecule has 0 fully saturated rings. The molecule has 0 saturated carbocycles. The summed E-state index contributed by atoms with van der Waals surface area (Å²) in [7, 11) is 1.92. The van der Waals surface area contributed by atoms with Crippen LogP contribution in [0.5, 0.6) is 5.75 Å². The van der Waals surface area contributed by atoms with E-state index in [1.165, 1.54) is 0 Å². The Morgan fingerprint density at radius 1 is 1.18 bits per heavy atom. The topological polar surface area (TPSA) is 51.5 Å². The van der Waals surface area contributed by atoms with Crippen LogP contribution >= 0.6 is 0 Å². The number of aryl methyl sites for hydroxylation is 2. The van der Waals surface area contributed by atoms with Crippen molar-refractivity contribution in [3.63, 3.8) is 0 Å². The zero-order valence-electron chi connectivity index (χ0n) is 12.5. The summed E-state index contributed by atoms with van der Waals surface area (Å²) in [5.74, 6) is -0.0752. The number of hydrogen-bond acceptors (Lipinski definition) is 2. The van der Waals surface area contributed by atoms with E-state index in [0.29, 0.717) is 12.2 Å². The zero-order valence-corrected chi connectivity index (χ0v) is 12.5. The van der Waals surface area contributed by atoms with E-state index < -0.39 is 5.97 Å². The van der Waals surface area contributed by atoms with Crippen molar-refractivity contribution >= 4 is 16.9 Å². The van der Waals surface area contributed by atoms with Crippen LogP contribution < -0.4 is 4.74 Å². The van der Waals surface area contributed by atoms with Crippen molar-refractivity contribution in [3.8, 4) is 5.75 Å². The summed E-state index contributed by atoms with van der Waals surface area (Å²) >= 11 is 0. The molecule has 1 heterocycles. The van der Waals surface area contributed by atoms with Crippen LogP contribution in [0.2, 0.25) is 0 Å². The molecule has 0 aliphatic rings. The van der Waals surface area contributed by atoms with Crippen molar-refractivity contribution in [3.05, 3.63) is 65.4 Å². The number of rotatable bonds is 4. The van der Waals surface area contributed by atoms with Crippen molar-refractivity contribution in [2.24, 2.45) is 7.05 Å². The third-order valence-corrected chi connectivity index (χ3v) is 3.89. The second-order valence-corrected chi connectivity index (χ2v) is 5.29. The summed E-state index contributed by atoms with van der Waals surface area (Å²) in [6.07, 6.45) is 0. The minimum Gasteiger partial charge on any atom is -0.487 e. The normalized spacial score (nSPS) is 10.8. The maximum atomic E-state index is 11.3. The third-order valence-electron chi connectivity index (χ3n) is 3.89. The van der Waals surface area contributed by atoms with Gasteiger partial charge < -0.3 is 14.4 Å². The molecule has 0 unspecified atom stereocenters. The summed E-state index contributed by atoms with van der Waals surface area (Å²) in [6, 6.07) is 15.0. The molecule has 3 aromatic rings. The van der Waals surface area contributed by atoms with Gasteiger partial charge in [-0.25, -0.2) is 4.79 Å². The molecule has 0 aliphatic carbocycles. The lowest BCUT2D eigenvalue weighted by Gasteiger charge is -2.09. The Morgan fingerprint density at radius 3 is 2.68 bits per heavy atom. The van der Waals surface area contributed by atoms with Crippen molar-refractivity contribution < 1.29 is 14.6 Å². The molecule has 1 N–H and O–H groups in total. The first-order valence-corrected chi connectivity index (χ1v) is 7.07. The molecule has 22 heavy (non-hydrogen) atoms. The summed E-state index contributed by atoms with van der Waals surface area (Å²) in [4.78, 5) is 11.3. The number of aromatic carboxylic acids is 1.